The highest BCUT2D eigenvalue weighted by atomic mass is 14.8. The van der Waals surface area contributed by atoms with E-state index in [1.807, 2.05) is 0 Å². The van der Waals surface area contributed by atoms with Gasteiger partial charge >= 0.3 is 0 Å². The average Bonchev–Trinajstić information content (AvgIpc) is 2.30. The molecule has 0 unspecified atom stereocenters. The maximum atomic E-state index is 4.33. The molecule has 0 amide bonds. The van der Waals surface area contributed by atoms with Gasteiger partial charge in [0, 0.05) is 11.4 Å². The summed E-state index contributed by atoms with van der Waals surface area (Å²) in [7, 11) is 0. The van der Waals surface area contributed by atoms with E-state index in [4.69, 9.17) is 0 Å². The monoisotopic (exact) mass is 220 g/mol. The number of rotatable bonds is 8. The van der Waals surface area contributed by atoms with Crippen molar-refractivity contribution in [3.63, 3.8) is 0 Å². The summed E-state index contributed by atoms with van der Waals surface area (Å²) in [6.45, 7) is 4.46. The summed E-state index contributed by atoms with van der Waals surface area (Å²) in [6, 6.07) is 2.19. The second kappa shape index (κ2) is 8.26. The Morgan fingerprint density at radius 3 is 1.75 bits per heavy atom. The van der Waals surface area contributed by atoms with Crippen LogP contribution < -0.4 is 0 Å². The summed E-state index contributed by atoms with van der Waals surface area (Å²) in [6.07, 6.45) is 11.6. The van der Waals surface area contributed by atoms with Gasteiger partial charge in [-0.15, -0.1) is 0 Å². The van der Waals surface area contributed by atoms with Crippen LogP contribution in [0.1, 0.15) is 63.8 Å². The van der Waals surface area contributed by atoms with Gasteiger partial charge in [0.2, 0.25) is 0 Å². The zero-order valence-electron chi connectivity index (χ0n) is 10.7. The molecule has 0 bridgehead atoms. The van der Waals surface area contributed by atoms with E-state index in [0.29, 0.717) is 0 Å². The third-order valence-electron chi connectivity index (χ3n) is 2.85. The predicted molar refractivity (Wildman–Crippen MR) is 68.5 cm³/mol. The molecule has 0 radical (unpaired) electrons. The first-order valence-electron chi connectivity index (χ1n) is 6.66. The van der Waals surface area contributed by atoms with Crippen molar-refractivity contribution in [2.24, 2.45) is 0 Å². The van der Waals surface area contributed by atoms with E-state index in [2.05, 4.69) is 29.9 Å². The molecule has 0 aliphatic heterocycles. The maximum absolute atomic E-state index is 4.33. The Hall–Kier alpha value is -0.920. The molecule has 0 aliphatic carbocycles. The molecule has 0 N–H and O–H groups in total. The summed E-state index contributed by atoms with van der Waals surface area (Å²) < 4.78 is 0. The minimum atomic E-state index is 1.11. The molecule has 1 rings (SSSR count). The average molecular weight is 220 g/mol. The van der Waals surface area contributed by atoms with E-state index in [-0.39, 0.29) is 0 Å². The van der Waals surface area contributed by atoms with Crippen molar-refractivity contribution in [3.05, 3.63) is 23.8 Å². The highest BCUT2D eigenvalue weighted by Gasteiger charge is 1.99. The van der Waals surface area contributed by atoms with Crippen molar-refractivity contribution in [1.29, 1.82) is 0 Å². The molecule has 0 saturated carbocycles. The summed E-state index contributed by atoms with van der Waals surface area (Å²) in [4.78, 5) is 8.66. The normalized spacial score (nSPS) is 10.6. The van der Waals surface area contributed by atoms with Crippen LogP contribution >= 0.6 is 0 Å². The fraction of sp³-hybridized carbons (Fsp3) is 0.714. The van der Waals surface area contributed by atoms with E-state index in [9.17, 15) is 0 Å². The molecular weight excluding hydrogens is 196 g/mol. The van der Waals surface area contributed by atoms with E-state index >= 15 is 0 Å². The third kappa shape index (κ3) is 5.24. The van der Waals surface area contributed by atoms with Gasteiger partial charge in [-0.3, -0.25) is 0 Å². The van der Waals surface area contributed by atoms with Crippen molar-refractivity contribution < 1.29 is 0 Å². The van der Waals surface area contributed by atoms with Crippen LogP contribution in [0.25, 0.3) is 0 Å². The van der Waals surface area contributed by atoms with Gasteiger partial charge in [0.1, 0.15) is 6.33 Å². The molecular formula is C14H24N2. The molecule has 1 heterocycles. The van der Waals surface area contributed by atoms with Crippen molar-refractivity contribution in [3.8, 4) is 0 Å². The van der Waals surface area contributed by atoms with E-state index in [1.54, 1.807) is 6.33 Å². The second-order valence-corrected chi connectivity index (χ2v) is 4.41. The van der Waals surface area contributed by atoms with Crippen molar-refractivity contribution in [1.82, 2.24) is 9.97 Å². The molecule has 0 spiro atoms. The van der Waals surface area contributed by atoms with Crippen molar-refractivity contribution >= 4 is 0 Å². The van der Waals surface area contributed by atoms with Gasteiger partial charge in [0.25, 0.3) is 0 Å². The molecule has 0 fully saturated rings. The fourth-order valence-corrected chi connectivity index (χ4v) is 1.83. The molecule has 1 aromatic rings. The highest BCUT2D eigenvalue weighted by molar-refractivity contribution is 5.08. The Labute approximate surface area is 99.5 Å². The standard InChI is InChI=1S/C14H24N2/c1-3-5-7-9-13-11-14(16-12-15-13)10-8-6-4-2/h11-12H,3-10H2,1-2H3. The number of aromatic nitrogens is 2. The SMILES string of the molecule is CCCCCc1cc(CCCCC)ncn1. The summed E-state index contributed by atoms with van der Waals surface area (Å²) in [5.41, 5.74) is 2.44. The van der Waals surface area contributed by atoms with Crippen LogP contribution in [-0.4, -0.2) is 9.97 Å². The number of hydrogen-bond donors (Lipinski definition) is 0. The lowest BCUT2D eigenvalue weighted by Crippen LogP contribution is -1.97. The van der Waals surface area contributed by atoms with Gasteiger partial charge in [-0.05, 0) is 31.7 Å². The van der Waals surface area contributed by atoms with Gasteiger partial charge in [-0.25, -0.2) is 9.97 Å². The molecule has 0 aromatic carbocycles. The topological polar surface area (TPSA) is 25.8 Å². The van der Waals surface area contributed by atoms with Crippen LogP contribution in [0.5, 0.6) is 0 Å². The van der Waals surface area contributed by atoms with Crippen molar-refractivity contribution in [2.75, 3.05) is 0 Å². The molecule has 16 heavy (non-hydrogen) atoms. The third-order valence-corrected chi connectivity index (χ3v) is 2.85. The first-order chi connectivity index (χ1) is 7.86. The van der Waals surface area contributed by atoms with Crippen LogP contribution in [-0.2, 0) is 12.8 Å². The summed E-state index contributed by atoms with van der Waals surface area (Å²) in [5, 5.41) is 0. The lowest BCUT2D eigenvalue weighted by molar-refractivity contribution is 0.690. The quantitative estimate of drug-likeness (QED) is 0.620. The fourth-order valence-electron chi connectivity index (χ4n) is 1.83. The van der Waals surface area contributed by atoms with Gasteiger partial charge < -0.3 is 0 Å². The molecule has 0 atom stereocenters. The Balaban J connectivity index is 2.37. The van der Waals surface area contributed by atoms with Crippen LogP contribution in [0.3, 0.4) is 0 Å². The first kappa shape index (κ1) is 13.1. The highest BCUT2D eigenvalue weighted by Crippen LogP contribution is 2.08. The molecule has 2 heteroatoms. The molecule has 2 nitrogen and oxygen atoms in total. The number of nitrogens with zero attached hydrogens (tertiary/aromatic N) is 2. The number of hydrogen-bond acceptors (Lipinski definition) is 2. The maximum Gasteiger partial charge on any atom is 0.115 e. The molecule has 0 aliphatic rings. The smallest absolute Gasteiger partial charge is 0.115 e. The molecule has 90 valence electrons. The zero-order chi connectivity index (χ0) is 11.6. The number of unbranched alkanes of at least 4 members (excludes halogenated alkanes) is 4. The van der Waals surface area contributed by atoms with Gasteiger partial charge in [-0.2, -0.15) is 0 Å². The predicted octanol–water partition coefficient (Wildman–Crippen LogP) is 3.94. The first-order valence-corrected chi connectivity index (χ1v) is 6.66. The van der Waals surface area contributed by atoms with Gasteiger partial charge in [-0.1, -0.05) is 39.5 Å². The Morgan fingerprint density at radius 1 is 0.812 bits per heavy atom. The van der Waals surface area contributed by atoms with E-state index in [1.165, 1.54) is 49.9 Å². The number of aryl methyl sites for hydroxylation is 2. The molecule has 1 aromatic heterocycles. The van der Waals surface area contributed by atoms with Crippen LogP contribution in [0, 0.1) is 0 Å². The molecule has 0 saturated heterocycles. The van der Waals surface area contributed by atoms with Gasteiger partial charge in [0.15, 0.2) is 0 Å². The van der Waals surface area contributed by atoms with Crippen molar-refractivity contribution in [2.45, 2.75) is 65.2 Å². The minimum Gasteiger partial charge on any atom is -0.241 e. The second-order valence-electron chi connectivity index (χ2n) is 4.41. The van der Waals surface area contributed by atoms with Crippen LogP contribution in [0.2, 0.25) is 0 Å². The van der Waals surface area contributed by atoms with E-state index < -0.39 is 0 Å². The Bertz CT molecular complexity index is 259. The Kier molecular flexibility index (Phi) is 6.78. The summed E-state index contributed by atoms with van der Waals surface area (Å²) in [5.74, 6) is 0. The van der Waals surface area contributed by atoms with Crippen LogP contribution in [0.4, 0.5) is 0 Å². The van der Waals surface area contributed by atoms with Crippen LogP contribution in [0.15, 0.2) is 12.4 Å². The van der Waals surface area contributed by atoms with Gasteiger partial charge in [0.05, 0.1) is 0 Å². The zero-order valence-corrected chi connectivity index (χ0v) is 10.7. The summed E-state index contributed by atoms with van der Waals surface area (Å²) >= 11 is 0. The lowest BCUT2D eigenvalue weighted by Gasteiger charge is -2.03. The minimum absolute atomic E-state index is 1.11. The lowest BCUT2D eigenvalue weighted by atomic mass is 10.1. The largest absolute Gasteiger partial charge is 0.241 e. The van der Waals surface area contributed by atoms with E-state index in [0.717, 1.165) is 12.8 Å². The Morgan fingerprint density at radius 2 is 1.31 bits per heavy atom.